The average molecular weight is 449 g/mol. The molecule has 0 aliphatic heterocycles. The van der Waals surface area contributed by atoms with Crippen LogP contribution < -0.4 is 20.3 Å². The quantitative estimate of drug-likeness (QED) is 0.603. The Morgan fingerprint density at radius 2 is 1.79 bits per heavy atom. The van der Waals surface area contributed by atoms with Crippen LogP contribution in [0.2, 0.25) is 0 Å². The minimum atomic E-state index is -0.709. The maximum Gasteiger partial charge on any atom is 0.279 e. The molecule has 0 aromatic heterocycles. The Bertz CT molecular complexity index is 809. The van der Waals surface area contributed by atoms with Gasteiger partial charge in [-0.05, 0) is 65.5 Å². The molecule has 0 aliphatic rings. The van der Waals surface area contributed by atoms with E-state index in [9.17, 15) is 9.59 Å². The van der Waals surface area contributed by atoms with Gasteiger partial charge in [0, 0.05) is 0 Å². The highest BCUT2D eigenvalue weighted by Crippen LogP contribution is 2.26. The summed E-state index contributed by atoms with van der Waals surface area (Å²) in [5.74, 6) is 0.269. The third kappa shape index (κ3) is 6.56. The number of ether oxygens (including phenoxy) is 2. The predicted molar refractivity (Wildman–Crippen MR) is 111 cm³/mol. The molecule has 0 spiro atoms. The molecule has 2 rings (SSSR count). The first-order chi connectivity index (χ1) is 13.4. The maximum atomic E-state index is 12.2. The van der Waals surface area contributed by atoms with Crippen molar-refractivity contribution in [2.75, 3.05) is 6.61 Å². The molecule has 2 aromatic rings. The Labute approximate surface area is 173 Å². The Morgan fingerprint density at radius 3 is 2.39 bits per heavy atom. The number of aryl methyl sites for hydroxylation is 2. The van der Waals surface area contributed by atoms with Crippen molar-refractivity contribution < 1.29 is 19.1 Å². The van der Waals surface area contributed by atoms with Gasteiger partial charge in [0.15, 0.2) is 12.7 Å². The van der Waals surface area contributed by atoms with E-state index in [1.54, 1.807) is 18.2 Å². The Kier molecular flexibility index (Phi) is 8.32. The number of rotatable bonds is 8. The average Bonchev–Trinajstić information content (AvgIpc) is 2.70. The number of amides is 2. The summed E-state index contributed by atoms with van der Waals surface area (Å²) in [4.78, 5) is 24.2. The van der Waals surface area contributed by atoms with Crippen LogP contribution in [0.3, 0.4) is 0 Å². The highest BCUT2D eigenvalue weighted by Gasteiger charge is 2.19. The zero-order valence-electron chi connectivity index (χ0n) is 16.3. The standard InChI is InChI=1S/C21H25BrN2O4/c1-4-15-8-11-19(17(22)12-15)27-13-20(25)23-24-21(26)18(5-2)28-16-9-6-14(3)7-10-16/h6-12,18H,4-5,13H2,1-3H3,(H,23,25)(H,24,26). The maximum absolute atomic E-state index is 12.2. The number of hydrazine groups is 1. The summed E-state index contributed by atoms with van der Waals surface area (Å²) in [6.07, 6.45) is 0.664. The summed E-state index contributed by atoms with van der Waals surface area (Å²) in [6, 6.07) is 13.1. The molecule has 2 N–H and O–H groups in total. The number of nitrogens with one attached hydrogen (secondary N) is 2. The van der Waals surface area contributed by atoms with E-state index in [4.69, 9.17) is 9.47 Å². The first-order valence-electron chi connectivity index (χ1n) is 9.16. The molecule has 0 fully saturated rings. The number of halogens is 1. The van der Waals surface area contributed by atoms with Crippen LogP contribution in [0.1, 0.15) is 31.4 Å². The zero-order valence-corrected chi connectivity index (χ0v) is 17.8. The van der Waals surface area contributed by atoms with Crippen molar-refractivity contribution in [3.8, 4) is 11.5 Å². The molecule has 7 heteroatoms. The van der Waals surface area contributed by atoms with E-state index in [1.165, 1.54) is 0 Å². The SMILES string of the molecule is CCc1ccc(OCC(=O)NNC(=O)C(CC)Oc2ccc(C)cc2)c(Br)c1. The molecule has 6 nitrogen and oxygen atoms in total. The van der Waals surface area contributed by atoms with Crippen LogP contribution in [-0.4, -0.2) is 24.5 Å². The smallest absolute Gasteiger partial charge is 0.279 e. The fourth-order valence-corrected chi connectivity index (χ4v) is 2.92. The van der Waals surface area contributed by atoms with Gasteiger partial charge in [-0.1, -0.05) is 37.6 Å². The van der Waals surface area contributed by atoms with E-state index in [0.717, 1.165) is 22.0 Å². The molecule has 150 valence electrons. The second kappa shape index (κ2) is 10.7. The largest absolute Gasteiger partial charge is 0.483 e. The van der Waals surface area contributed by atoms with Crippen molar-refractivity contribution >= 4 is 27.7 Å². The van der Waals surface area contributed by atoms with Crippen LogP contribution in [0.5, 0.6) is 11.5 Å². The summed E-state index contributed by atoms with van der Waals surface area (Å²) in [5.41, 5.74) is 6.99. The van der Waals surface area contributed by atoms with Crippen LogP contribution in [0.4, 0.5) is 0 Å². The van der Waals surface area contributed by atoms with Gasteiger partial charge in [-0.2, -0.15) is 0 Å². The minimum Gasteiger partial charge on any atom is -0.483 e. The fourth-order valence-electron chi connectivity index (χ4n) is 2.38. The van der Waals surface area contributed by atoms with Crippen molar-refractivity contribution in [1.29, 1.82) is 0 Å². The van der Waals surface area contributed by atoms with Gasteiger partial charge >= 0.3 is 0 Å². The van der Waals surface area contributed by atoms with Crippen LogP contribution >= 0.6 is 15.9 Å². The van der Waals surface area contributed by atoms with E-state index >= 15 is 0 Å². The Balaban J connectivity index is 1.80. The number of carbonyl (C=O) groups excluding carboxylic acids is 2. The number of benzene rings is 2. The van der Waals surface area contributed by atoms with Crippen molar-refractivity contribution in [3.05, 3.63) is 58.1 Å². The van der Waals surface area contributed by atoms with E-state index in [2.05, 4.69) is 33.7 Å². The van der Waals surface area contributed by atoms with Gasteiger partial charge < -0.3 is 9.47 Å². The van der Waals surface area contributed by atoms with Crippen LogP contribution in [0, 0.1) is 6.92 Å². The number of carbonyl (C=O) groups is 2. The normalized spacial score (nSPS) is 11.4. The van der Waals surface area contributed by atoms with Crippen LogP contribution in [0.25, 0.3) is 0 Å². The van der Waals surface area contributed by atoms with Gasteiger partial charge in [-0.3, -0.25) is 20.4 Å². The molecular formula is C21H25BrN2O4. The molecule has 28 heavy (non-hydrogen) atoms. The first-order valence-corrected chi connectivity index (χ1v) is 9.95. The molecule has 2 amide bonds. The molecule has 0 saturated heterocycles. The highest BCUT2D eigenvalue weighted by atomic mass is 79.9. The molecule has 1 unspecified atom stereocenters. The molecule has 0 aliphatic carbocycles. The Morgan fingerprint density at radius 1 is 1.07 bits per heavy atom. The lowest BCUT2D eigenvalue weighted by Crippen LogP contribution is -2.49. The summed E-state index contributed by atoms with van der Waals surface area (Å²) < 4.78 is 11.9. The molecule has 1 atom stereocenters. The van der Waals surface area contributed by atoms with E-state index in [1.807, 2.05) is 38.1 Å². The summed E-state index contributed by atoms with van der Waals surface area (Å²) >= 11 is 3.42. The second-order valence-corrected chi connectivity index (χ2v) is 7.13. The first kappa shape index (κ1) is 21.8. The van der Waals surface area contributed by atoms with E-state index in [0.29, 0.717) is 17.9 Å². The molecule has 0 radical (unpaired) electrons. The van der Waals surface area contributed by atoms with Gasteiger partial charge in [-0.15, -0.1) is 0 Å². The lowest BCUT2D eigenvalue weighted by atomic mass is 10.2. The van der Waals surface area contributed by atoms with Gasteiger partial charge in [-0.25, -0.2) is 0 Å². The van der Waals surface area contributed by atoms with Crippen LogP contribution in [-0.2, 0) is 16.0 Å². The second-order valence-electron chi connectivity index (χ2n) is 6.27. The summed E-state index contributed by atoms with van der Waals surface area (Å²) in [5, 5.41) is 0. The zero-order chi connectivity index (χ0) is 20.5. The number of hydrogen-bond donors (Lipinski definition) is 2. The Hall–Kier alpha value is -2.54. The topological polar surface area (TPSA) is 76.7 Å². The van der Waals surface area contributed by atoms with Crippen molar-refractivity contribution in [2.45, 2.75) is 39.7 Å². The third-order valence-corrected chi connectivity index (χ3v) is 4.67. The molecular weight excluding hydrogens is 424 g/mol. The molecule has 0 heterocycles. The molecule has 0 bridgehead atoms. The third-order valence-electron chi connectivity index (χ3n) is 4.05. The summed E-state index contributed by atoms with van der Waals surface area (Å²) in [6.45, 7) is 5.65. The molecule has 0 saturated carbocycles. The highest BCUT2D eigenvalue weighted by molar-refractivity contribution is 9.10. The predicted octanol–water partition coefficient (Wildman–Crippen LogP) is 3.70. The minimum absolute atomic E-state index is 0.222. The van der Waals surface area contributed by atoms with E-state index in [-0.39, 0.29) is 6.61 Å². The van der Waals surface area contributed by atoms with Crippen molar-refractivity contribution in [2.24, 2.45) is 0 Å². The van der Waals surface area contributed by atoms with Gasteiger partial charge in [0.1, 0.15) is 11.5 Å². The van der Waals surface area contributed by atoms with E-state index < -0.39 is 17.9 Å². The van der Waals surface area contributed by atoms with Gasteiger partial charge in [0.05, 0.1) is 4.47 Å². The lowest BCUT2D eigenvalue weighted by Gasteiger charge is -2.17. The van der Waals surface area contributed by atoms with Gasteiger partial charge in [0.25, 0.3) is 11.8 Å². The molecule has 2 aromatic carbocycles. The van der Waals surface area contributed by atoms with Crippen molar-refractivity contribution in [1.82, 2.24) is 10.9 Å². The lowest BCUT2D eigenvalue weighted by molar-refractivity contribution is -0.134. The monoisotopic (exact) mass is 448 g/mol. The van der Waals surface area contributed by atoms with Gasteiger partial charge in [0.2, 0.25) is 0 Å². The summed E-state index contributed by atoms with van der Waals surface area (Å²) in [7, 11) is 0. The van der Waals surface area contributed by atoms with Crippen molar-refractivity contribution in [3.63, 3.8) is 0 Å². The number of hydrogen-bond acceptors (Lipinski definition) is 4. The fraction of sp³-hybridized carbons (Fsp3) is 0.333. The van der Waals surface area contributed by atoms with Crippen LogP contribution in [0.15, 0.2) is 46.9 Å².